The molecule has 0 fully saturated rings. The number of aliphatic carboxylic acids is 1. The van der Waals surface area contributed by atoms with Crippen molar-refractivity contribution >= 4 is 17.8 Å². The molecule has 1 rings (SSSR count). The Morgan fingerprint density at radius 1 is 1.10 bits per heavy atom. The summed E-state index contributed by atoms with van der Waals surface area (Å²) in [7, 11) is 0. The highest BCUT2D eigenvalue weighted by Gasteiger charge is 2.18. The van der Waals surface area contributed by atoms with Gasteiger partial charge >= 0.3 is 5.97 Å². The van der Waals surface area contributed by atoms with Gasteiger partial charge in [-0.2, -0.15) is 0 Å². The predicted molar refractivity (Wildman–Crippen MR) is 69.8 cm³/mol. The van der Waals surface area contributed by atoms with E-state index in [0.717, 1.165) is 5.56 Å². The van der Waals surface area contributed by atoms with Crippen molar-refractivity contribution in [1.82, 2.24) is 10.6 Å². The lowest BCUT2D eigenvalue weighted by Gasteiger charge is -2.12. The van der Waals surface area contributed by atoms with Crippen molar-refractivity contribution in [2.24, 2.45) is 0 Å². The molecular weight excluding hydrogens is 264 g/mol. The second-order valence-electron chi connectivity index (χ2n) is 4.08. The van der Waals surface area contributed by atoms with Gasteiger partial charge in [0.15, 0.2) is 0 Å². The number of hydrogen-bond acceptors (Lipinski definition) is 4. The molecule has 0 spiro atoms. The predicted octanol–water partition coefficient (Wildman–Crippen LogP) is -1.09. The van der Waals surface area contributed by atoms with E-state index in [9.17, 15) is 14.4 Å². The van der Waals surface area contributed by atoms with Crippen LogP contribution in [0.3, 0.4) is 0 Å². The smallest absolute Gasteiger partial charge is 0.328 e. The number of carbonyl (C=O) groups is 3. The van der Waals surface area contributed by atoms with Crippen LogP contribution in [-0.4, -0.2) is 47.2 Å². The minimum absolute atomic E-state index is 0.135. The molecule has 0 heterocycles. The van der Waals surface area contributed by atoms with Gasteiger partial charge in [0, 0.05) is 0 Å². The molecule has 0 aromatic heterocycles. The maximum absolute atomic E-state index is 11.5. The largest absolute Gasteiger partial charge is 0.480 e. The van der Waals surface area contributed by atoms with Gasteiger partial charge in [0.05, 0.1) is 19.6 Å². The van der Waals surface area contributed by atoms with Gasteiger partial charge in [0.2, 0.25) is 11.8 Å². The van der Waals surface area contributed by atoms with Gasteiger partial charge in [-0.3, -0.25) is 9.59 Å². The second kappa shape index (κ2) is 7.90. The Labute approximate surface area is 115 Å². The highest BCUT2D eigenvalue weighted by atomic mass is 16.4. The van der Waals surface area contributed by atoms with E-state index in [1.807, 2.05) is 6.07 Å². The van der Waals surface area contributed by atoms with E-state index in [1.54, 1.807) is 24.3 Å². The van der Waals surface area contributed by atoms with Crippen molar-refractivity contribution < 1.29 is 24.6 Å². The zero-order valence-corrected chi connectivity index (χ0v) is 10.7. The van der Waals surface area contributed by atoms with E-state index in [1.165, 1.54) is 0 Å². The SMILES string of the molecule is O=C(Cc1ccccc1)NCC(=O)N[C@@H](CO)C(=O)O. The number of benzene rings is 1. The van der Waals surface area contributed by atoms with E-state index >= 15 is 0 Å². The van der Waals surface area contributed by atoms with Gasteiger partial charge in [-0.15, -0.1) is 0 Å². The zero-order valence-electron chi connectivity index (χ0n) is 10.7. The molecule has 0 unspecified atom stereocenters. The number of aliphatic hydroxyl groups is 1. The van der Waals surface area contributed by atoms with Crippen LogP contribution in [0.4, 0.5) is 0 Å². The first kappa shape index (κ1) is 15.6. The van der Waals surface area contributed by atoms with Crippen molar-refractivity contribution in [2.75, 3.05) is 13.2 Å². The van der Waals surface area contributed by atoms with E-state index in [4.69, 9.17) is 10.2 Å². The maximum atomic E-state index is 11.5. The molecule has 4 N–H and O–H groups in total. The molecule has 7 nitrogen and oxygen atoms in total. The fourth-order valence-electron chi connectivity index (χ4n) is 1.45. The third kappa shape index (κ3) is 5.49. The number of amides is 2. The molecule has 0 saturated heterocycles. The first-order chi connectivity index (χ1) is 9.52. The first-order valence-electron chi connectivity index (χ1n) is 5.96. The van der Waals surface area contributed by atoms with Crippen LogP contribution in [0.15, 0.2) is 30.3 Å². The van der Waals surface area contributed by atoms with E-state index in [0.29, 0.717) is 0 Å². The monoisotopic (exact) mass is 280 g/mol. The molecule has 0 aliphatic heterocycles. The Bertz CT molecular complexity index is 475. The van der Waals surface area contributed by atoms with Crippen LogP contribution in [0.5, 0.6) is 0 Å². The Morgan fingerprint density at radius 2 is 1.75 bits per heavy atom. The Kier molecular flexibility index (Phi) is 6.18. The maximum Gasteiger partial charge on any atom is 0.328 e. The van der Waals surface area contributed by atoms with Crippen LogP contribution in [0.2, 0.25) is 0 Å². The van der Waals surface area contributed by atoms with Crippen LogP contribution in [-0.2, 0) is 20.8 Å². The summed E-state index contributed by atoms with van der Waals surface area (Å²) in [6, 6.07) is 7.63. The highest BCUT2D eigenvalue weighted by Crippen LogP contribution is 1.98. The fourth-order valence-corrected chi connectivity index (χ4v) is 1.45. The third-order valence-corrected chi connectivity index (χ3v) is 2.47. The first-order valence-corrected chi connectivity index (χ1v) is 5.96. The van der Waals surface area contributed by atoms with Crippen molar-refractivity contribution in [3.63, 3.8) is 0 Å². The summed E-state index contributed by atoms with van der Waals surface area (Å²) >= 11 is 0. The van der Waals surface area contributed by atoms with Crippen molar-refractivity contribution in [3.8, 4) is 0 Å². The number of carboxylic acids is 1. The lowest BCUT2D eigenvalue weighted by Crippen LogP contribution is -2.47. The number of hydrogen-bond donors (Lipinski definition) is 4. The summed E-state index contributed by atoms with van der Waals surface area (Å²) in [6.45, 7) is -1.05. The molecule has 20 heavy (non-hydrogen) atoms. The van der Waals surface area contributed by atoms with Gasteiger partial charge < -0.3 is 20.8 Å². The van der Waals surface area contributed by atoms with Crippen molar-refractivity contribution in [2.45, 2.75) is 12.5 Å². The number of carbonyl (C=O) groups excluding carboxylic acids is 2. The normalized spacial score (nSPS) is 11.4. The summed E-state index contributed by atoms with van der Waals surface area (Å²) in [5, 5.41) is 21.8. The van der Waals surface area contributed by atoms with Crippen LogP contribution in [0, 0.1) is 0 Å². The quantitative estimate of drug-likeness (QED) is 0.506. The van der Waals surface area contributed by atoms with Crippen molar-refractivity contribution in [3.05, 3.63) is 35.9 Å². The van der Waals surface area contributed by atoms with Crippen molar-refractivity contribution in [1.29, 1.82) is 0 Å². The lowest BCUT2D eigenvalue weighted by molar-refractivity contribution is -0.142. The molecule has 0 radical (unpaired) electrons. The minimum Gasteiger partial charge on any atom is -0.480 e. The fraction of sp³-hybridized carbons (Fsp3) is 0.308. The Hall–Kier alpha value is -2.41. The number of carboxylic acid groups (broad SMARTS) is 1. The summed E-state index contributed by atoms with van der Waals surface area (Å²) in [5.74, 6) is -2.36. The highest BCUT2D eigenvalue weighted by molar-refractivity contribution is 5.88. The van der Waals surface area contributed by atoms with E-state index in [2.05, 4.69) is 10.6 Å². The molecule has 0 saturated carbocycles. The molecule has 7 heteroatoms. The topological polar surface area (TPSA) is 116 Å². The molecule has 2 amide bonds. The molecule has 0 bridgehead atoms. The summed E-state index contributed by atoms with van der Waals surface area (Å²) in [6.07, 6.45) is 0.135. The summed E-state index contributed by atoms with van der Waals surface area (Å²) < 4.78 is 0. The molecule has 108 valence electrons. The third-order valence-electron chi connectivity index (χ3n) is 2.47. The summed E-state index contributed by atoms with van der Waals surface area (Å²) in [4.78, 5) is 33.5. The molecule has 0 aliphatic carbocycles. The molecule has 1 aromatic carbocycles. The van der Waals surface area contributed by atoms with Gasteiger partial charge in [0.25, 0.3) is 0 Å². The van der Waals surface area contributed by atoms with Crippen LogP contribution >= 0.6 is 0 Å². The lowest BCUT2D eigenvalue weighted by atomic mass is 10.1. The van der Waals surface area contributed by atoms with Gasteiger partial charge in [-0.05, 0) is 5.56 Å². The van der Waals surface area contributed by atoms with Gasteiger partial charge in [-0.1, -0.05) is 30.3 Å². The average Bonchev–Trinajstić information content (AvgIpc) is 2.43. The van der Waals surface area contributed by atoms with Gasteiger partial charge in [0.1, 0.15) is 6.04 Å². The standard InChI is InChI=1S/C13H16N2O5/c16-8-10(13(19)20)15-12(18)7-14-11(17)6-9-4-2-1-3-5-9/h1-5,10,16H,6-8H2,(H,14,17)(H,15,18)(H,19,20)/t10-/m0/s1. The van der Waals surface area contributed by atoms with Crippen LogP contribution in [0.25, 0.3) is 0 Å². The second-order valence-corrected chi connectivity index (χ2v) is 4.08. The summed E-state index contributed by atoms with van der Waals surface area (Å²) in [5.41, 5.74) is 0.809. The minimum atomic E-state index is -1.37. The van der Waals surface area contributed by atoms with Crippen LogP contribution in [0.1, 0.15) is 5.56 Å². The molecular formula is C13H16N2O5. The molecule has 1 aromatic rings. The molecule has 1 atom stereocenters. The number of rotatable bonds is 7. The Morgan fingerprint density at radius 3 is 2.30 bits per heavy atom. The van der Waals surface area contributed by atoms with Gasteiger partial charge in [-0.25, -0.2) is 4.79 Å². The zero-order chi connectivity index (χ0) is 15.0. The van der Waals surface area contributed by atoms with E-state index in [-0.39, 0.29) is 18.9 Å². The Balaban J connectivity index is 2.34. The average molecular weight is 280 g/mol. The number of nitrogens with one attached hydrogen (secondary N) is 2. The van der Waals surface area contributed by atoms with E-state index < -0.39 is 24.5 Å². The van der Waals surface area contributed by atoms with Crippen LogP contribution < -0.4 is 10.6 Å². The molecule has 0 aliphatic rings. The number of aliphatic hydroxyl groups excluding tert-OH is 1.